The second-order valence-electron chi connectivity index (χ2n) is 4.11. The average molecular weight is 251 g/mol. The highest BCUT2D eigenvalue weighted by molar-refractivity contribution is 7.86. The largest absolute Gasteiger partial charge is 0.389 e. The second-order valence-corrected chi connectivity index (χ2v) is 6.04. The molecule has 0 radical (unpaired) electrons. The minimum Gasteiger partial charge on any atom is -0.389 e. The van der Waals surface area contributed by atoms with Gasteiger partial charge >= 0.3 is 0 Å². The molecular formula is C8H17N3O4S. The van der Waals surface area contributed by atoms with Crippen molar-refractivity contribution in [1.29, 1.82) is 0 Å². The third-order valence-corrected chi connectivity index (χ3v) is 4.92. The summed E-state index contributed by atoms with van der Waals surface area (Å²) in [5.41, 5.74) is 0. The molecule has 2 heterocycles. The van der Waals surface area contributed by atoms with E-state index in [1.54, 1.807) is 0 Å². The molecule has 0 aliphatic carbocycles. The first-order valence-corrected chi connectivity index (χ1v) is 6.73. The van der Waals surface area contributed by atoms with Crippen molar-refractivity contribution in [3.05, 3.63) is 0 Å². The third-order valence-electron chi connectivity index (χ3n) is 2.95. The zero-order chi connectivity index (χ0) is 11.8. The van der Waals surface area contributed by atoms with Gasteiger partial charge in [0.1, 0.15) is 0 Å². The molecule has 0 saturated carbocycles. The Hall–Kier alpha value is -0.250. The molecule has 0 aromatic heterocycles. The zero-order valence-electron chi connectivity index (χ0n) is 8.91. The van der Waals surface area contributed by atoms with Crippen LogP contribution < -0.4 is 5.32 Å². The molecule has 0 bridgehead atoms. The lowest BCUT2D eigenvalue weighted by Crippen LogP contribution is -2.51. The molecule has 2 fully saturated rings. The molecule has 7 nitrogen and oxygen atoms in total. The van der Waals surface area contributed by atoms with Crippen LogP contribution in [-0.2, 0) is 10.2 Å². The van der Waals surface area contributed by atoms with Gasteiger partial charge in [-0.05, 0) is 0 Å². The summed E-state index contributed by atoms with van der Waals surface area (Å²) in [6, 6.07) is 0. The predicted octanol–water partition coefficient (Wildman–Crippen LogP) is -2.83. The van der Waals surface area contributed by atoms with Crippen molar-refractivity contribution >= 4 is 10.2 Å². The molecule has 94 valence electrons. The van der Waals surface area contributed by atoms with Gasteiger partial charge in [-0.2, -0.15) is 17.0 Å². The molecule has 2 aliphatic rings. The summed E-state index contributed by atoms with van der Waals surface area (Å²) in [4.78, 5) is 0. The Morgan fingerprint density at radius 2 is 1.50 bits per heavy atom. The smallest absolute Gasteiger partial charge is 0.282 e. The highest BCUT2D eigenvalue weighted by Gasteiger charge is 2.39. The van der Waals surface area contributed by atoms with Crippen molar-refractivity contribution in [3.63, 3.8) is 0 Å². The van der Waals surface area contributed by atoms with Crippen molar-refractivity contribution < 1.29 is 18.6 Å². The number of nitrogens with zero attached hydrogens (tertiary/aromatic N) is 2. The molecule has 2 saturated heterocycles. The van der Waals surface area contributed by atoms with Crippen LogP contribution in [0.1, 0.15) is 0 Å². The van der Waals surface area contributed by atoms with Crippen LogP contribution in [-0.4, -0.2) is 78.7 Å². The molecule has 2 rings (SSSR count). The van der Waals surface area contributed by atoms with E-state index in [4.69, 9.17) is 0 Å². The van der Waals surface area contributed by atoms with Crippen LogP contribution in [0.25, 0.3) is 0 Å². The fourth-order valence-corrected chi connectivity index (χ4v) is 3.61. The van der Waals surface area contributed by atoms with E-state index >= 15 is 0 Å². The molecule has 16 heavy (non-hydrogen) atoms. The first-order valence-electron chi connectivity index (χ1n) is 5.34. The molecule has 2 aliphatic heterocycles. The van der Waals surface area contributed by atoms with Crippen molar-refractivity contribution in [2.45, 2.75) is 12.2 Å². The Balaban J connectivity index is 2.07. The second kappa shape index (κ2) is 4.55. The molecular weight excluding hydrogens is 234 g/mol. The van der Waals surface area contributed by atoms with Gasteiger partial charge in [-0.1, -0.05) is 0 Å². The van der Waals surface area contributed by atoms with Gasteiger partial charge in [-0.3, -0.25) is 0 Å². The van der Waals surface area contributed by atoms with Gasteiger partial charge in [0.2, 0.25) is 0 Å². The summed E-state index contributed by atoms with van der Waals surface area (Å²) in [6.45, 7) is 2.10. The maximum absolute atomic E-state index is 12.1. The van der Waals surface area contributed by atoms with E-state index in [1.165, 1.54) is 4.31 Å². The number of hydrogen-bond acceptors (Lipinski definition) is 5. The fraction of sp³-hybridized carbons (Fsp3) is 1.00. The Kier molecular flexibility index (Phi) is 3.48. The lowest BCUT2D eigenvalue weighted by Gasteiger charge is -2.30. The van der Waals surface area contributed by atoms with Gasteiger partial charge in [-0.25, -0.2) is 0 Å². The first kappa shape index (κ1) is 12.2. The molecule has 0 aromatic rings. The number of aliphatic hydroxyl groups excluding tert-OH is 2. The first-order chi connectivity index (χ1) is 7.51. The molecule has 0 spiro atoms. The summed E-state index contributed by atoms with van der Waals surface area (Å²) < 4.78 is 26.7. The zero-order valence-corrected chi connectivity index (χ0v) is 9.73. The number of aliphatic hydroxyl groups is 2. The van der Waals surface area contributed by atoms with Crippen LogP contribution in [0, 0.1) is 0 Å². The number of piperazine rings is 1. The van der Waals surface area contributed by atoms with Crippen molar-refractivity contribution in [3.8, 4) is 0 Å². The van der Waals surface area contributed by atoms with Crippen LogP contribution in [0.5, 0.6) is 0 Å². The topological polar surface area (TPSA) is 93.1 Å². The maximum atomic E-state index is 12.1. The Morgan fingerprint density at radius 3 is 2.00 bits per heavy atom. The Labute approximate surface area is 94.8 Å². The SMILES string of the molecule is O=S(=O)(N1CCNCC1)N1CC(O)C(O)C1. The summed E-state index contributed by atoms with van der Waals surface area (Å²) in [6.07, 6.45) is -1.95. The quantitative estimate of drug-likeness (QED) is 0.492. The van der Waals surface area contributed by atoms with E-state index in [0.29, 0.717) is 26.2 Å². The lowest BCUT2D eigenvalue weighted by atomic mass is 10.3. The summed E-state index contributed by atoms with van der Waals surface area (Å²) >= 11 is 0. The molecule has 0 aromatic carbocycles. The highest BCUT2D eigenvalue weighted by atomic mass is 32.2. The molecule has 8 heteroatoms. The Morgan fingerprint density at radius 1 is 1.00 bits per heavy atom. The highest BCUT2D eigenvalue weighted by Crippen LogP contribution is 2.17. The van der Waals surface area contributed by atoms with Gasteiger partial charge in [0, 0.05) is 39.3 Å². The maximum Gasteiger partial charge on any atom is 0.282 e. The van der Waals surface area contributed by atoms with Crippen molar-refractivity contribution in [1.82, 2.24) is 13.9 Å². The van der Waals surface area contributed by atoms with Crippen LogP contribution in [0.3, 0.4) is 0 Å². The van der Waals surface area contributed by atoms with Gasteiger partial charge in [0.25, 0.3) is 10.2 Å². The van der Waals surface area contributed by atoms with Crippen LogP contribution in [0.2, 0.25) is 0 Å². The molecule has 0 amide bonds. The summed E-state index contributed by atoms with van der Waals surface area (Å²) in [5, 5.41) is 21.8. The molecule has 3 N–H and O–H groups in total. The van der Waals surface area contributed by atoms with E-state index < -0.39 is 22.4 Å². The normalized spacial score (nSPS) is 34.4. The molecule has 2 unspecified atom stereocenters. The predicted molar refractivity (Wildman–Crippen MR) is 56.9 cm³/mol. The minimum absolute atomic E-state index is 0.0204. The number of hydrogen-bond donors (Lipinski definition) is 3. The number of nitrogens with one attached hydrogen (secondary N) is 1. The standard InChI is InChI=1S/C8H17N3O4S/c12-7-5-11(6-8(7)13)16(14,15)10-3-1-9-2-4-10/h7-9,12-13H,1-6H2. The average Bonchev–Trinajstić information content (AvgIpc) is 2.61. The monoisotopic (exact) mass is 251 g/mol. The Bertz CT molecular complexity index is 331. The summed E-state index contributed by atoms with van der Waals surface area (Å²) in [7, 11) is -3.52. The number of β-amino-alcohol motifs (C(OH)–C–C–N with tert-alkyl or cyclic N) is 2. The van der Waals surface area contributed by atoms with E-state index in [9.17, 15) is 18.6 Å². The van der Waals surface area contributed by atoms with Gasteiger partial charge in [0.05, 0.1) is 12.2 Å². The van der Waals surface area contributed by atoms with E-state index in [0.717, 1.165) is 4.31 Å². The van der Waals surface area contributed by atoms with Gasteiger partial charge < -0.3 is 15.5 Å². The van der Waals surface area contributed by atoms with Crippen molar-refractivity contribution in [2.75, 3.05) is 39.3 Å². The fourth-order valence-electron chi connectivity index (χ4n) is 1.96. The number of rotatable bonds is 2. The minimum atomic E-state index is -3.52. The van der Waals surface area contributed by atoms with Crippen LogP contribution in [0.4, 0.5) is 0 Å². The third kappa shape index (κ3) is 2.22. The van der Waals surface area contributed by atoms with Crippen LogP contribution in [0.15, 0.2) is 0 Å². The van der Waals surface area contributed by atoms with Gasteiger partial charge in [0.15, 0.2) is 0 Å². The lowest BCUT2D eigenvalue weighted by molar-refractivity contribution is 0.0572. The van der Waals surface area contributed by atoms with E-state index in [2.05, 4.69) is 5.32 Å². The van der Waals surface area contributed by atoms with E-state index in [1.807, 2.05) is 0 Å². The summed E-state index contributed by atoms with van der Waals surface area (Å²) in [5.74, 6) is 0. The van der Waals surface area contributed by atoms with Crippen molar-refractivity contribution in [2.24, 2.45) is 0 Å². The van der Waals surface area contributed by atoms with Crippen LogP contribution >= 0.6 is 0 Å². The molecule has 2 atom stereocenters. The van der Waals surface area contributed by atoms with E-state index in [-0.39, 0.29) is 13.1 Å². The van der Waals surface area contributed by atoms with Gasteiger partial charge in [-0.15, -0.1) is 0 Å².